The zero-order chi connectivity index (χ0) is 14.7. The van der Waals surface area contributed by atoms with E-state index in [4.69, 9.17) is 9.15 Å². The van der Waals surface area contributed by atoms with E-state index in [1.807, 2.05) is 0 Å². The van der Waals surface area contributed by atoms with Crippen molar-refractivity contribution in [3.05, 3.63) is 24.4 Å². The number of aromatic nitrogens is 3. The molecule has 7 nitrogen and oxygen atoms in total. The Morgan fingerprint density at radius 3 is 2.90 bits per heavy atom. The lowest BCUT2D eigenvalue weighted by molar-refractivity contribution is 0.0491. The normalized spacial score (nSPS) is 14.4. The number of esters is 1. The Morgan fingerprint density at radius 1 is 1.33 bits per heavy atom. The average molecular weight is 288 g/mol. The molecule has 2 aromatic heterocycles. The van der Waals surface area contributed by atoms with Crippen molar-refractivity contribution < 1.29 is 13.9 Å². The van der Waals surface area contributed by atoms with Crippen LogP contribution in [0, 0.1) is 0 Å². The van der Waals surface area contributed by atoms with Gasteiger partial charge in [0.2, 0.25) is 11.7 Å². The maximum Gasteiger partial charge on any atom is 0.375 e. The molecular weight excluding hydrogens is 272 g/mol. The summed E-state index contributed by atoms with van der Waals surface area (Å²) in [7, 11) is 0. The van der Waals surface area contributed by atoms with Crippen molar-refractivity contribution in [2.75, 3.05) is 24.6 Å². The van der Waals surface area contributed by atoms with Crippen molar-refractivity contribution in [2.24, 2.45) is 0 Å². The quantitative estimate of drug-likeness (QED) is 0.795. The van der Waals surface area contributed by atoms with Crippen LogP contribution >= 0.6 is 0 Å². The van der Waals surface area contributed by atoms with Gasteiger partial charge < -0.3 is 14.1 Å². The van der Waals surface area contributed by atoms with Gasteiger partial charge >= 0.3 is 5.97 Å². The molecule has 0 amide bonds. The van der Waals surface area contributed by atoms with Gasteiger partial charge in [0, 0.05) is 13.1 Å². The molecule has 0 unspecified atom stereocenters. The summed E-state index contributed by atoms with van der Waals surface area (Å²) in [5.74, 6) is 0.618. The standard InChI is InChI=1S/C14H16N4O3/c1-2-20-14(19)11-8-16-13(21-11)10-7-15-9-12(17-10)18-5-3-4-6-18/h7-9H,2-6H2,1H3. The third kappa shape index (κ3) is 2.86. The molecule has 2 aromatic rings. The van der Waals surface area contributed by atoms with Crippen LogP contribution in [-0.2, 0) is 4.74 Å². The van der Waals surface area contributed by atoms with Crippen LogP contribution in [-0.4, -0.2) is 40.6 Å². The number of anilines is 1. The van der Waals surface area contributed by atoms with Crippen LogP contribution in [0.3, 0.4) is 0 Å². The monoisotopic (exact) mass is 288 g/mol. The predicted molar refractivity (Wildman–Crippen MR) is 74.9 cm³/mol. The number of rotatable bonds is 4. The van der Waals surface area contributed by atoms with Crippen LogP contribution in [0.1, 0.15) is 30.3 Å². The Balaban J connectivity index is 1.83. The van der Waals surface area contributed by atoms with Crippen molar-refractivity contribution >= 4 is 11.8 Å². The van der Waals surface area contributed by atoms with Gasteiger partial charge in [0.05, 0.1) is 25.2 Å². The minimum atomic E-state index is -0.528. The van der Waals surface area contributed by atoms with Crippen LogP contribution < -0.4 is 4.90 Å². The Hall–Kier alpha value is -2.44. The van der Waals surface area contributed by atoms with E-state index in [-0.39, 0.29) is 11.7 Å². The molecule has 0 saturated carbocycles. The second-order valence-electron chi connectivity index (χ2n) is 4.71. The number of oxazole rings is 1. The van der Waals surface area contributed by atoms with E-state index >= 15 is 0 Å². The highest BCUT2D eigenvalue weighted by molar-refractivity contribution is 5.86. The minimum Gasteiger partial charge on any atom is -0.460 e. The molecule has 1 aliphatic rings. The first-order valence-corrected chi connectivity index (χ1v) is 6.98. The molecule has 0 spiro atoms. The van der Waals surface area contributed by atoms with Crippen molar-refractivity contribution in [1.82, 2.24) is 15.0 Å². The van der Waals surface area contributed by atoms with Crippen molar-refractivity contribution in [1.29, 1.82) is 0 Å². The molecule has 0 N–H and O–H groups in total. The number of nitrogens with zero attached hydrogens (tertiary/aromatic N) is 4. The molecule has 7 heteroatoms. The zero-order valence-electron chi connectivity index (χ0n) is 11.8. The molecule has 3 rings (SSSR count). The topological polar surface area (TPSA) is 81.4 Å². The Morgan fingerprint density at radius 2 is 2.14 bits per heavy atom. The largest absolute Gasteiger partial charge is 0.460 e. The average Bonchev–Trinajstić information content (AvgIpc) is 3.19. The fraction of sp³-hybridized carbons (Fsp3) is 0.429. The number of ether oxygens (including phenoxy) is 1. The maximum absolute atomic E-state index is 11.6. The summed E-state index contributed by atoms with van der Waals surface area (Å²) in [6, 6.07) is 0. The predicted octanol–water partition coefficient (Wildman–Crippen LogP) is 1.91. The van der Waals surface area contributed by atoms with Crippen LogP contribution in [0.5, 0.6) is 0 Å². The highest BCUT2D eigenvalue weighted by Gasteiger charge is 2.18. The maximum atomic E-state index is 11.6. The fourth-order valence-corrected chi connectivity index (χ4v) is 2.25. The second-order valence-corrected chi connectivity index (χ2v) is 4.71. The number of carbonyl (C=O) groups is 1. The lowest BCUT2D eigenvalue weighted by Gasteiger charge is -2.15. The molecule has 0 bridgehead atoms. The van der Waals surface area contributed by atoms with Gasteiger partial charge in [-0.25, -0.2) is 14.8 Å². The molecule has 1 aliphatic heterocycles. The smallest absolute Gasteiger partial charge is 0.375 e. The van der Waals surface area contributed by atoms with Crippen LogP contribution in [0.2, 0.25) is 0 Å². The lowest BCUT2D eigenvalue weighted by atomic mass is 10.4. The Bertz CT molecular complexity index is 635. The van der Waals surface area contributed by atoms with Gasteiger partial charge in [-0.1, -0.05) is 0 Å². The van der Waals surface area contributed by atoms with Crippen LogP contribution in [0.4, 0.5) is 5.82 Å². The molecule has 0 radical (unpaired) electrons. The van der Waals surface area contributed by atoms with Crippen molar-refractivity contribution in [3.63, 3.8) is 0 Å². The number of carbonyl (C=O) groups excluding carboxylic acids is 1. The van der Waals surface area contributed by atoms with E-state index in [9.17, 15) is 4.79 Å². The molecule has 1 fully saturated rings. The summed E-state index contributed by atoms with van der Waals surface area (Å²) in [5.41, 5.74) is 0.509. The summed E-state index contributed by atoms with van der Waals surface area (Å²) in [4.78, 5) is 26.5. The molecule has 0 aliphatic carbocycles. The summed E-state index contributed by atoms with van der Waals surface area (Å²) >= 11 is 0. The number of hydrogen-bond acceptors (Lipinski definition) is 7. The first kappa shape index (κ1) is 13.5. The third-order valence-electron chi connectivity index (χ3n) is 3.25. The van der Waals surface area contributed by atoms with Crippen LogP contribution in [0.15, 0.2) is 23.0 Å². The Labute approximate surface area is 122 Å². The molecule has 21 heavy (non-hydrogen) atoms. The SMILES string of the molecule is CCOC(=O)c1cnc(-c2cncc(N3CCCC3)n2)o1. The fourth-order valence-electron chi connectivity index (χ4n) is 2.25. The van der Waals surface area contributed by atoms with Gasteiger partial charge in [-0.3, -0.25) is 4.98 Å². The van der Waals surface area contributed by atoms with Gasteiger partial charge in [-0.05, 0) is 19.8 Å². The first-order valence-electron chi connectivity index (χ1n) is 6.98. The summed E-state index contributed by atoms with van der Waals surface area (Å²) in [6.45, 7) is 3.99. The molecule has 0 aromatic carbocycles. The van der Waals surface area contributed by atoms with Crippen molar-refractivity contribution in [2.45, 2.75) is 19.8 Å². The third-order valence-corrected chi connectivity index (χ3v) is 3.25. The zero-order valence-corrected chi connectivity index (χ0v) is 11.8. The van der Waals surface area contributed by atoms with Gasteiger partial charge in [0.25, 0.3) is 0 Å². The highest BCUT2D eigenvalue weighted by Crippen LogP contribution is 2.22. The van der Waals surface area contributed by atoms with Gasteiger partial charge in [-0.15, -0.1) is 0 Å². The lowest BCUT2D eigenvalue weighted by Crippen LogP contribution is -2.19. The van der Waals surface area contributed by atoms with E-state index in [0.29, 0.717) is 12.3 Å². The van der Waals surface area contributed by atoms with E-state index in [1.165, 1.54) is 6.20 Å². The van der Waals surface area contributed by atoms with E-state index in [2.05, 4.69) is 19.9 Å². The molecule has 3 heterocycles. The summed E-state index contributed by atoms with van der Waals surface area (Å²) in [6.07, 6.45) is 6.97. The summed E-state index contributed by atoms with van der Waals surface area (Å²) < 4.78 is 10.3. The molecule has 0 atom stereocenters. The van der Waals surface area contributed by atoms with Crippen molar-refractivity contribution in [3.8, 4) is 11.6 Å². The minimum absolute atomic E-state index is 0.0697. The first-order chi connectivity index (χ1) is 10.3. The molecule has 1 saturated heterocycles. The van der Waals surface area contributed by atoms with Crippen LogP contribution in [0.25, 0.3) is 11.6 Å². The molecular formula is C14H16N4O3. The van der Waals surface area contributed by atoms with E-state index in [0.717, 1.165) is 31.7 Å². The van der Waals surface area contributed by atoms with Gasteiger partial charge in [0.1, 0.15) is 11.5 Å². The summed E-state index contributed by atoms with van der Waals surface area (Å²) in [5, 5.41) is 0. The Kier molecular flexibility index (Phi) is 3.81. The van der Waals surface area contributed by atoms with E-state index < -0.39 is 5.97 Å². The molecule has 110 valence electrons. The van der Waals surface area contributed by atoms with Gasteiger partial charge in [-0.2, -0.15) is 0 Å². The highest BCUT2D eigenvalue weighted by atomic mass is 16.5. The van der Waals surface area contributed by atoms with E-state index in [1.54, 1.807) is 19.3 Å². The number of hydrogen-bond donors (Lipinski definition) is 0. The van der Waals surface area contributed by atoms with Gasteiger partial charge in [0.15, 0.2) is 0 Å². The second kappa shape index (κ2) is 5.90.